The van der Waals surface area contributed by atoms with Crippen LogP contribution in [0.2, 0.25) is 0 Å². The van der Waals surface area contributed by atoms with Gasteiger partial charge in [-0.2, -0.15) is 0 Å². The first-order chi connectivity index (χ1) is 11.7. The topological polar surface area (TPSA) is 129 Å². The van der Waals surface area contributed by atoms with Gasteiger partial charge in [-0.05, 0) is 32.4 Å². The maximum atomic E-state index is 12.8. The Bertz CT molecular complexity index is 633. The average molecular weight is 353 g/mol. The fourth-order valence-electron chi connectivity index (χ4n) is 1.86. The lowest BCUT2D eigenvalue weighted by atomic mass is 10.1. The summed E-state index contributed by atoms with van der Waals surface area (Å²) in [6.45, 7) is 3.24. The summed E-state index contributed by atoms with van der Waals surface area (Å²) in [5, 5.41) is 19.1. The molecule has 1 amide bonds. The lowest BCUT2D eigenvalue weighted by Crippen LogP contribution is -2.45. The zero-order valence-corrected chi connectivity index (χ0v) is 13.9. The summed E-state index contributed by atoms with van der Waals surface area (Å²) in [7, 11) is 0. The molecule has 8 nitrogen and oxygen atoms in total. The number of carbonyl (C=O) groups is 3. The number of nitrogens with zero attached hydrogens (tertiary/aromatic N) is 1. The molecule has 0 radical (unpaired) electrons. The van der Waals surface area contributed by atoms with Crippen molar-refractivity contribution in [2.24, 2.45) is 0 Å². The van der Waals surface area contributed by atoms with Gasteiger partial charge >= 0.3 is 5.97 Å². The van der Waals surface area contributed by atoms with Crippen molar-refractivity contribution in [3.05, 3.63) is 29.8 Å². The first-order valence-electron chi connectivity index (χ1n) is 7.58. The van der Waals surface area contributed by atoms with E-state index in [2.05, 4.69) is 10.3 Å². The SMILES string of the molecule is CC(C)OC(=O)[C@H](CCC(=O)C=N)NC(=O)[C@@H](O)c1ccc(F)cn1. The zero-order chi connectivity index (χ0) is 19.0. The van der Waals surface area contributed by atoms with E-state index in [9.17, 15) is 23.9 Å². The standard InChI is InChI=1S/C16H20FN3O5/c1-9(2)25-16(24)13(6-4-11(21)7-18)20-15(23)14(22)12-5-3-10(17)8-19-12/h3,5,7-9,13-14,18,22H,4,6H2,1-2H3,(H,20,23)/t13-,14-/m0/s1. The van der Waals surface area contributed by atoms with Crippen LogP contribution in [0.1, 0.15) is 38.5 Å². The predicted molar refractivity (Wildman–Crippen MR) is 85.3 cm³/mol. The number of halogens is 1. The van der Waals surface area contributed by atoms with Gasteiger partial charge in [0, 0.05) is 6.42 Å². The Morgan fingerprint density at radius 2 is 2.08 bits per heavy atom. The summed E-state index contributed by atoms with van der Waals surface area (Å²) >= 11 is 0. The summed E-state index contributed by atoms with van der Waals surface area (Å²) in [6.07, 6.45) is -0.924. The largest absolute Gasteiger partial charge is 0.461 e. The second-order valence-corrected chi connectivity index (χ2v) is 5.50. The van der Waals surface area contributed by atoms with Crippen molar-refractivity contribution in [1.82, 2.24) is 10.3 Å². The van der Waals surface area contributed by atoms with Crippen LogP contribution >= 0.6 is 0 Å². The highest BCUT2D eigenvalue weighted by atomic mass is 19.1. The van der Waals surface area contributed by atoms with E-state index in [0.29, 0.717) is 6.21 Å². The Labute approximate surface area is 143 Å². The van der Waals surface area contributed by atoms with Crippen molar-refractivity contribution in [1.29, 1.82) is 5.41 Å². The summed E-state index contributed by atoms with van der Waals surface area (Å²) in [4.78, 5) is 39.0. The van der Waals surface area contributed by atoms with Gasteiger partial charge in [0.2, 0.25) is 0 Å². The number of amides is 1. The third-order valence-electron chi connectivity index (χ3n) is 3.07. The van der Waals surface area contributed by atoms with E-state index in [4.69, 9.17) is 10.1 Å². The van der Waals surface area contributed by atoms with Gasteiger partial charge in [0.1, 0.15) is 11.9 Å². The van der Waals surface area contributed by atoms with Crippen molar-refractivity contribution in [3.63, 3.8) is 0 Å². The van der Waals surface area contributed by atoms with E-state index in [0.717, 1.165) is 18.3 Å². The summed E-state index contributed by atoms with van der Waals surface area (Å²) in [6, 6.07) is 1.00. The Hall–Kier alpha value is -2.68. The maximum absolute atomic E-state index is 12.8. The van der Waals surface area contributed by atoms with Gasteiger partial charge in [-0.3, -0.25) is 14.6 Å². The van der Waals surface area contributed by atoms with Gasteiger partial charge in [-0.1, -0.05) is 0 Å². The maximum Gasteiger partial charge on any atom is 0.328 e. The van der Waals surface area contributed by atoms with Gasteiger partial charge in [0.15, 0.2) is 11.9 Å². The van der Waals surface area contributed by atoms with Crippen molar-refractivity contribution in [2.45, 2.75) is 44.9 Å². The number of aliphatic hydroxyl groups excluding tert-OH is 1. The van der Waals surface area contributed by atoms with Crippen molar-refractivity contribution in [3.8, 4) is 0 Å². The third-order valence-corrected chi connectivity index (χ3v) is 3.07. The summed E-state index contributed by atoms with van der Waals surface area (Å²) < 4.78 is 17.9. The fraction of sp³-hybridized carbons (Fsp3) is 0.438. The quantitative estimate of drug-likeness (QED) is 0.442. The van der Waals surface area contributed by atoms with Gasteiger partial charge < -0.3 is 20.6 Å². The highest BCUT2D eigenvalue weighted by Crippen LogP contribution is 2.12. The highest BCUT2D eigenvalue weighted by molar-refractivity contribution is 6.26. The van der Waals surface area contributed by atoms with Crippen molar-refractivity contribution in [2.75, 3.05) is 0 Å². The molecule has 0 fully saturated rings. The second kappa shape index (κ2) is 9.58. The first-order valence-corrected chi connectivity index (χ1v) is 7.58. The Balaban J connectivity index is 2.81. The number of aliphatic hydroxyl groups is 1. The lowest BCUT2D eigenvalue weighted by Gasteiger charge is -2.20. The Morgan fingerprint density at radius 1 is 1.40 bits per heavy atom. The number of pyridine rings is 1. The lowest BCUT2D eigenvalue weighted by molar-refractivity contribution is -0.152. The van der Waals surface area contributed by atoms with Crippen LogP contribution in [-0.4, -0.2) is 46.1 Å². The molecule has 2 atom stereocenters. The fourth-order valence-corrected chi connectivity index (χ4v) is 1.86. The monoisotopic (exact) mass is 353 g/mol. The number of carbonyl (C=O) groups excluding carboxylic acids is 3. The molecule has 0 aliphatic rings. The molecule has 0 spiro atoms. The van der Waals surface area contributed by atoms with E-state index in [1.165, 1.54) is 0 Å². The molecule has 136 valence electrons. The minimum Gasteiger partial charge on any atom is -0.461 e. The number of hydrogen-bond donors (Lipinski definition) is 3. The molecule has 9 heteroatoms. The molecular weight excluding hydrogens is 333 g/mol. The molecule has 1 aromatic rings. The minimum absolute atomic E-state index is 0.0882. The van der Waals surface area contributed by atoms with Crippen LogP contribution in [0.15, 0.2) is 18.3 Å². The van der Waals surface area contributed by atoms with Crippen LogP contribution < -0.4 is 5.32 Å². The third kappa shape index (κ3) is 6.76. The number of rotatable bonds is 9. The summed E-state index contributed by atoms with van der Waals surface area (Å²) in [5.41, 5.74) is -0.0922. The molecule has 0 aliphatic heterocycles. The Morgan fingerprint density at radius 3 is 2.60 bits per heavy atom. The molecular formula is C16H20FN3O5. The number of nitrogens with one attached hydrogen (secondary N) is 2. The number of esters is 1. The number of ketones is 1. The van der Waals surface area contributed by atoms with Gasteiger partial charge in [-0.25, -0.2) is 9.18 Å². The molecule has 0 bridgehead atoms. The molecule has 1 aromatic heterocycles. The zero-order valence-electron chi connectivity index (χ0n) is 13.9. The number of hydrogen-bond acceptors (Lipinski definition) is 7. The van der Waals surface area contributed by atoms with Crippen LogP contribution in [0.4, 0.5) is 4.39 Å². The number of aromatic nitrogens is 1. The van der Waals surface area contributed by atoms with Gasteiger partial charge in [0.25, 0.3) is 5.91 Å². The number of ether oxygens (including phenoxy) is 1. The van der Waals surface area contributed by atoms with E-state index in [1.807, 2.05) is 0 Å². The smallest absolute Gasteiger partial charge is 0.328 e. The van der Waals surface area contributed by atoms with E-state index in [-0.39, 0.29) is 18.5 Å². The van der Waals surface area contributed by atoms with Crippen LogP contribution in [0.5, 0.6) is 0 Å². The second-order valence-electron chi connectivity index (χ2n) is 5.50. The normalized spacial score (nSPS) is 13.0. The molecule has 0 saturated carbocycles. The Kier molecular flexibility index (Phi) is 7.80. The van der Waals surface area contributed by atoms with Crippen molar-refractivity contribution >= 4 is 23.9 Å². The molecule has 3 N–H and O–H groups in total. The van der Waals surface area contributed by atoms with Crippen LogP contribution in [0.25, 0.3) is 0 Å². The van der Waals surface area contributed by atoms with Gasteiger partial charge in [-0.15, -0.1) is 0 Å². The number of Topliss-reactive ketones (excluding diaryl/α,β-unsaturated/α-hetero) is 1. The molecule has 1 heterocycles. The van der Waals surface area contributed by atoms with E-state index < -0.39 is 41.7 Å². The molecule has 0 unspecified atom stereocenters. The molecule has 1 rings (SSSR count). The molecule has 0 aliphatic carbocycles. The van der Waals surface area contributed by atoms with Crippen LogP contribution in [0.3, 0.4) is 0 Å². The highest BCUT2D eigenvalue weighted by Gasteiger charge is 2.27. The summed E-state index contributed by atoms with van der Waals surface area (Å²) in [5.74, 6) is -2.84. The van der Waals surface area contributed by atoms with E-state index >= 15 is 0 Å². The molecule has 25 heavy (non-hydrogen) atoms. The average Bonchev–Trinajstić information content (AvgIpc) is 2.57. The van der Waals surface area contributed by atoms with Crippen molar-refractivity contribution < 1.29 is 28.6 Å². The van der Waals surface area contributed by atoms with Crippen LogP contribution in [0, 0.1) is 11.2 Å². The molecule has 0 aromatic carbocycles. The van der Waals surface area contributed by atoms with E-state index in [1.54, 1.807) is 13.8 Å². The van der Waals surface area contributed by atoms with Crippen LogP contribution in [-0.2, 0) is 19.1 Å². The minimum atomic E-state index is -1.71. The molecule has 0 saturated heterocycles. The van der Waals surface area contributed by atoms with Gasteiger partial charge in [0.05, 0.1) is 24.2 Å². The predicted octanol–water partition coefficient (Wildman–Crippen LogP) is 0.689. The first kappa shape index (κ1) is 20.4.